The van der Waals surface area contributed by atoms with Crippen molar-refractivity contribution in [1.82, 2.24) is 4.72 Å². The van der Waals surface area contributed by atoms with E-state index in [9.17, 15) is 18.5 Å². The van der Waals surface area contributed by atoms with E-state index in [0.29, 0.717) is 4.34 Å². The van der Waals surface area contributed by atoms with E-state index in [1.165, 1.54) is 23.5 Å². The second-order valence-electron chi connectivity index (χ2n) is 4.01. The van der Waals surface area contributed by atoms with E-state index < -0.39 is 20.6 Å². The maximum absolute atomic E-state index is 12.1. The number of nitrogens with zero attached hydrogens (tertiary/aromatic N) is 1. The van der Waals surface area contributed by atoms with Gasteiger partial charge in [-0.2, -0.15) is 0 Å². The maximum Gasteiger partial charge on any atom is 0.293 e. The molecule has 2 rings (SSSR count). The van der Waals surface area contributed by atoms with Crippen LogP contribution in [0, 0.1) is 10.1 Å². The second-order valence-corrected chi connectivity index (χ2v) is 7.57. The Labute approximate surface area is 129 Å². The van der Waals surface area contributed by atoms with Gasteiger partial charge in [-0.25, -0.2) is 13.1 Å². The molecule has 1 aromatic heterocycles. The topological polar surface area (TPSA) is 115 Å². The fourth-order valence-electron chi connectivity index (χ4n) is 1.54. The molecule has 0 aliphatic rings. The number of sulfonamides is 1. The fourth-order valence-corrected chi connectivity index (χ4v) is 3.69. The SMILES string of the molecule is Nc1ccc(S(=O)(=O)NCc2ccc(Cl)s2)cc1[N+](=O)[O-]. The van der Waals surface area contributed by atoms with Crippen LogP contribution in [0.25, 0.3) is 0 Å². The van der Waals surface area contributed by atoms with Gasteiger partial charge < -0.3 is 5.73 Å². The molecule has 0 saturated heterocycles. The van der Waals surface area contributed by atoms with E-state index in [2.05, 4.69) is 4.72 Å². The van der Waals surface area contributed by atoms with Gasteiger partial charge >= 0.3 is 0 Å². The van der Waals surface area contributed by atoms with Gasteiger partial charge in [0, 0.05) is 17.5 Å². The molecule has 0 atom stereocenters. The molecule has 0 saturated carbocycles. The van der Waals surface area contributed by atoms with E-state index in [4.69, 9.17) is 17.3 Å². The molecule has 1 heterocycles. The van der Waals surface area contributed by atoms with Crippen molar-refractivity contribution in [2.24, 2.45) is 0 Å². The summed E-state index contributed by atoms with van der Waals surface area (Å²) in [4.78, 5) is 10.6. The minimum atomic E-state index is -3.87. The summed E-state index contributed by atoms with van der Waals surface area (Å²) in [7, 11) is -3.87. The number of nitro benzene ring substituents is 1. The first-order valence-corrected chi connectivity index (χ1v) is 8.25. The Morgan fingerprint density at radius 1 is 1.33 bits per heavy atom. The highest BCUT2D eigenvalue weighted by Crippen LogP contribution is 2.25. The van der Waals surface area contributed by atoms with Crippen LogP contribution < -0.4 is 10.5 Å². The number of nitrogens with two attached hydrogens (primary N) is 1. The highest BCUT2D eigenvalue weighted by molar-refractivity contribution is 7.89. The zero-order chi connectivity index (χ0) is 15.6. The lowest BCUT2D eigenvalue weighted by Gasteiger charge is -2.06. The number of rotatable bonds is 5. The van der Waals surface area contributed by atoms with Gasteiger partial charge in [0.25, 0.3) is 5.69 Å². The van der Waals surface area contributed by atoms with Crippen molar-refractivity contribution in [2.75, 3.05) is 5.73 Å². The molecule has 7 nitrogen and oxygen atoms in total. The first-order chi connectivity index (χ1) is 9.79. The predicted molar refractivity (Wildman–Crippen MR) is 80.9 cm³/mol. The van der Waals surface area contributed by atoms with Gasteiger partial charge in [-0.3, -0.25) is 10.1 Å². The molecule has 0 fully saturated rings. The van der Waals surface area contributed by atoms with Crippen LogP contribution in [-0.4, -0.2) is 13.3 Å². The molecule has 0 amide bonds. The van der Waals surface area contributed by atoms with Crippen molar-refractivity contribution >= 4 is 44.3 Å². The summed E-state index contributed by atoms with van der Waals surface area (Å²) in [6.45, 7) is 0.0535. The van der Waals surface area contributed by atoms with E-state index in [1.54, 1.807) is 12.1 Å². The molecule has 3 N–H and O–H groups in total. The molecule has 0 aliphatic heterocycles. The third-order valence-electron chi connectivity index (χ3n) is 2.57. The molecule has 112 valence electrons. The Kier molecular flexibility index (Phi) is 4.47. The Hall–Kier alpha value is -1.68. The van der Waals surface area contributed by atoms with Crippen molar-refractivity contribution in [3.8, 4) is 0 Å². The average molecular weight is 348 g/mol. The molecular formula is C11H10ClN3O4S2. The van der Waals surface area contributed by atoms with Gasteiger partial charge in [0.1, 0.15) is 5.69 Å². The number of nitrogens with one attached hydrogen (secondary N) is 1. The Morgan fingerprint density at radius 3 is 2.62 bits per heavy atom. The van der Waals surface area contributed by atoms with Crippen molar-refractivity contribution < 1.29 is 13.3 Å². The first-order valence-electron chi connectivity index (χ1n) is 5.57. The first kappa shape index (κ1) is 15.7. The van der Waals surface area contributed by atoms with Crippen molar-refractivity contribution in [3.05, 3.63) is 49.7 Å². The Morgan fingerprint density at radius 2 is 2.05 bits per heavy atom. The minimum Gasteiger partial charge on any atom is -0.393 e. The summed E-state index contributed by atoms with van der Waals surface area (Å²) in [5.41, 5.74) is 4.89. The molecule has 0 radical (unpaired) electrons. The zero-order valence-corrected chi connectivity index (χ0v) is 12.8. The number of benzene rings is 1. The normalized spacial score (nSPS) is 11.5. The number of thiophene rings is 1. The lowest BCUT2D eigenvalue weighted by Crippen LogP contribution is -2.23. The largest absolute Gasteiger partial charge is 0.393 e. The van der Waals surface area contributed by atoms with Gasteiger partial charge in [-0.1, -0.05) is 11.6 Å². The Balaban J connectivity index is 2.23. The fraction of sp³-hybridized carbons (Fsp3) is 0.0909. The number of hydrogen-bond acceptors (Lipinski definition) is 6. The third kappa shape index (κ3) is 3.70. The number of anilines is 1. The smallest absolute Gasteiger partial charge is 0.293 e. The second kappa shape index (κ2) is 5.98. The average Bonchev–Trinajstić information content (AvgIpc) is 2.82. The minimum absolute atomic E-state index is 0.0535. The van der Waals surface area contributed by atoms with Crippen molar-refractivity contribution in [2.45, 2.75) is 11.4 Å². The molecule has 2 aromatic rings. The van der Waals surface area contributed by atoms with Gasteiger partial charge in [0.2, 0.25) is 10.0 Å². The monoisotopic (exact) mass is 347 g/mol. The lowest BCUT2D eigenvalue weighted by molar-refractivity contribution is -0.384. The highest BCUT2D eigenvalue weighted by atomic mass is 35.5. The molecule has 1 aromatic carbocycles. The number of nitro groups is 1. The highest BCUT2D eigenvalue weighted by Gasteiger charge is 2.20. The summed E-state index contributed by atoms with van der Waals surface area (Å²) >= 11 is 7.00. The lowest BCUT2D eigenvalue weighted by atomic mass is 10.3. The number of nitrogen functional groups attached to an aromatic ring is 1. The Bertz CT molecular complexity index is 789. The van der Waals surface area contributed by atoms with Crippen LogP contribution in [0.4, 0.5) is 11.4 Å². The summed E-state index contributed by atoms with van der Waals surface area (Å²) < 4.78 is 27.1. The zero-order valence-electron chi connectivity index (χ0n) is 10.4. The molecule has 10 heteroatoms. The number of hydrogen-bond donors (Lipinski definition) is 2. The predicted octanol–water partition coefficient (Wildman–Crippen LogP) is 2.37. The van der Waals surface area contributed by atoms with Crippen LogP contribution >= 0.6 is 22.9 Å². The van der Waals surface area contributed by atoms with Crippen LogP contribution in [0.15, 0.2) is 35.2 Å². The van der Waals surface area contributed by atoms with Gasteiger partial charge in [0.05, 0.1) is 14.2 Å². The third-order valence-corrected chi connectivity index (χ3v) is 5.20. The van der Waals surface area contributed by atoms with Crippen LogP contribution in [0.3, 0.4) is 0 Å². The molecule has 0 unspecified atom stereocenters. The van der Waals surface area contributed by atoms with Gasteiger partial charge in [-0.15, -0.1) is 11.3 Å². The van der Waals surface area contributed by atoms with Crippen LogP contribution in [0.1, 0.15) is 4.88 Å². The molecule has 21 heavy (non-hydrogen) atoms. The van der Waals surface area contributed by atoms with Gasteiger partial charge in [-0.05, 0) is 24.3 Å². The van der Waals surface area contributed by atoms with E-state index in [-0.39, 0.29) is 17.1 Å². The van der Waals surface area contributed by atoms with Crippen molar-refractivity contribution in [1.29, 1.82) is 0 Å². The van der Waals surface area contributed by atoms with E-state index >= 15 is 0 Å². The molecule has 0 aliphatic carbocycles. The van der Waals surface area contributed by atoms with E-state index in [1.807, 2.05) is 0 Å². The van der Waals surface area contributed by atoms with Crippen LogP contribution in [0.5, 0.6) is 0 Å². The summed E-state index contributed by atoms with van der Waals surface area (Å²) in [5.74, 6) is 0. The number of halogens is 1. The standard InChI is InChI=1S/C11H10ClN3O4S2/c12-11-4-1-7(20-11)6-14-21(18,19)8-2-3-9(13)10(5-8)15(16)17/h1-5,14H,6,13H2. The van der Waals surface area contributed by atoms with Crippen LogP contribution in [0.2, 0.25) is 4.34 Å². The maximum atomic E-state index is 12.1. The molecular weight excluding hydrogens is 338 g/mol. The summed E-state index contributed by atoms with van der Waals surface area (Å²) in [6, 6.07) is 6.69. The molecule has 0 spiro atoms. The van der Waals surface area contributed by atoms with Crippen molar-refractivity contribution in [3.63, 3.8) is 0 Å². The summed E-state index contributed by atoms with van der Waals surface area (Å²) in [6.07, 6.45) is 0. The van der Waals surface area contributed by atoms with Crippen LogP contribution in [-0.2, 0) is 16.6 Å². The van der Waals surface area contributed by atoms with Gasteiger partial charge in [0.15, 0.2) is 0 Å². The summed E-state index contributed by atoms with van der Waals surface area (Å²) in [5, 5.41) is 10.8. The quantitative estimate of drug-likeness (QED) is 0.489. The molecule has 0 bridgehead atoms. The van der Waals surface area contributed by atoms with E-state index in [0.717, 1.165) is 10.9 Å².